The Kier molecular flexibility index (Phi) is 6.67. The average molecular weight is 616 g/mol. The second-order valence-electron chi connectivity index (χ2n) is 6.01. The monoisotopic (exact) mass is 616 g/mol. The maximum atomic E-state index is 12.2. The molecule has 0 bridgehead atoms. The molecule has 0 atom stereocenters. The van der Waals surface area contributed by atoms with Crippen molar-refractivity contribution in [3.05, 3.63) is 82.6 Å². The Labute approximate surface area is 193 Å². The van der Waals surface area contributed by atoms with E-state index < -0.39 is 10.9 Å². The van der Waals surface area contributed by atoms with Crippen LogP contribution in [-0.2, 0) is 9.53 Å². The Morgan fingerprint density at radius 2 is 1.97 bits per heavy atom. The highest BCUT2D eigenvalue weighted by molar-refractivity contribution is 14.1. The van der Waals surface area contributed by atoms with E-state index in [0.717, 1.165) is 18.5 Å². The van der Waals surface area contributed by atoms with Gasteiger partial charge < -0.3 is 9.47 Å². The third-order valence-electron chi connectivity index (χ3n) is 3.93. The molecule has 0 amide bonds. The van der Waals surface area contributed by atoms with Crippen LogP contribution in [0.4, 0.5) is 5.69 Å². The Morgan fingerprint density at radius 3 is 2.55 bits per heavy atom. The number of aryl methyl sites for hydroxylation is 1. The van der Waals surface area contributed by atoms with Gasteiger partial charge in [0.2, 0.25) is 5.90 Å². The predicted molar refractivity (Wildman–Crippen MR) is 126 cm³/mol. The van der Waals surface area contributed by atoms with Crippen molar-refractivity contribution >= 4 is 68.8 Å². The van der Waals surface area contributed by atoms with Crippen LogP contribution in [0.2, 0.25) is 0 Å². The van der Waals surface area contributed by atoms with E-state index in [-0.39, 0.29) is 17.3 Å². The fourth-order valence-electron chi connectivity index (χ4n) is 2.63. The summed E-state index contributed by atoms with van der Waals surface area (Å²) in [6.45, 7) is 5.67. The number of benzene rings is 2. The lowest BCUT2D eigenvalue weighted by Gasteiger charge is -2.09. The third-order valence-corrected chi connectivity index (χ3v) is 5.53. The molecule has 0 saturated heterocycles. The van der Waals surface area contributed by atoms with Crippen molar-refractivity contribution < 1.29 is 19.2 Å². The van der Waals surface area contributed by atoms with Gasteiger partial charge >= 0.3 is 5.97 Å². The number of esters is 1. The number of carbonyl (C=O) groups excluding carboxylic acids is 1. The van der Waals surface area contributed by atoms with Crippen LogP contribution >= 0.6 is 45.2 Å². The van der Waals surface area contributed by atoms with E-state index in [1.54, 1.807) is 25.1 Å². The van der Waals surface area contributed by atoms with Crippen LogP contribution in [0.1, 0.15) is 16.7 Å². The number of halogens is 2. The molecule has 1 heterocycles. The fraction of sp³-hybridized carbons (Fsp3) is 0.100. The molecule has 1 aliphatic rings. The molecule has 0 radical (unpaired) electrons. The van der Waals surface area contributed by atoms with Crippen LogP contribution < -0.4 is 4.74 Å². The second-order valence-corrected chi connectivity index (χ2v) is 8.33. The molecule has 0 fully saturated rings. The molecule has 0 saturated carbocycles. The van der Waals surface area contributed by atoms with Gasteiger partial charge in [0.1, 0.15) is 12.4 Å². The topological polar surface area (TPSA) is 91.0 Å². The zero-order valence-corrected chi connectivity index (χ0v) is 19.5. The SMILES string of the molecule is C=CCOc1c(I)cc(/C=C2\N=C(c3ccc([N+](=O)[O-])c(C)c3)OC2=O)cc1I. The predicted octanol–water partition coefficient (Wildman–Crippen LogP) is 5.02. The summed E-state index contributed by atoms with van der Waals surface area (Å²) < 4.78 is 12.7. The third kappa shape index (κ3) is 4.83. The molecular formula is C20H14I2N2O5. The van der Waals surface area contributed by atoms with Gasteiger partial charge in [-0.05, 0) is 88.0 Å². The van der Waals surface area contributed by atoms with Gasteiger partial charge in [0.15, 0.2) is 5.70 Å². The van der Waals surface area contributed by atoms with E-state index >= 15 is 0 Å². The Balaban J connectivity index is 1.92. The molecule has 2 aromatic carbocycles. The molecule has 29 heavy (non-hydrogen) atoms. The van der Waals surface area contributed by atoms with Crippen molar-refractivity contribution in [2.75, 3.05) is 6.61 Å². The number of nitro groups is 1. The molecule has 2 aromatic rings. The highest BCUT2D eigenvalue weighted by Gasteiger charge is 2.25. The van der Waals surface area contributed by atoms with Gasteiger partial charge in [-0.15, -0.1) is 0 Å². The fourth-order valence-corrected chi connectivity index (χ4v) is 4.75. The molecule has 0 aliphatic carbocycles. The van der Waals surface area contributed by atoms with Crippen molar-refractivity contribution in [2.45, 2.75) is 6.92 Å². The van der Waals surface area contributed by atoms with Crippen molar-refractivity contribution in [2.24, 2.45) is 4.99 Å². The van der Waals surface area contributed by atoms with Crippen LogP contribution in [0.25, 0.3) is 6.08 Å². The highest BCUT2D eigenvalue weighted by Crippen LogP contribution is 2.31. The van der Waals surface area contributed by atoms with Gasteiger partial charge in [0.05, 0.1) is 12.1 Å². The molecule has 0 aromatic heterocycles. The number of cyclic esters (lactones) is 1. The summed E-state index contributed by atoms with van der Waals surface area (Å²) in [5, 5.41) is 11.0. The first-order valence-corrected chi connectivity index (χ1v) is 10.5. The van der Waals surface area contributed by atoms with Crippen molar-refractivity contribution in [3.63, 3.8) is 0 Å². The van der Waals surface area contributed by atoms with Crippen LogP contribution in [0, 0.1) is 24.2 Å². The minimum Gasteiger partial charge on any atom is -0.487 e. The molecule has 3 rings (SSSR count). The maximum Gasteiger partial charge on any atom is 0.363 e. The van der Waals surface area contributed by atoms with Crippen LogP contribution in [0.3, 0.4) is 0 Å². The molecule has 1 aliphatic heterocycles. The lowest BCUT2D eigenvalue weighted by molar-refractivity contribution is -0.385. The normalized spacial score (nSPS) is 14.5. The smallest absolute Gasteiger partial charge is 0.363 e. The van der Waals surface area contributed by atoms with E-state index in [9.17, 15) is 14.9 Å². The van der Waals surface area contributed by atoms with E-state index in [1.807, 2.05) is 12.1 Å². The second kappa shape index (κ2) is 9.03. The lowest BCUT2D eigenvalue weighted by atomic mass is 10.1. The number of hydrogen-bond acceptors (Lipinski definition) is 6. The van der Waals surface area contributed by atoms with Crippen LogP contribution in [0.5, 0.6) is 5.75 Å². The zero-order valence-electron chi connectivity index (χ0n) is 15.1. The van der Waals surface area contributed by atoms with Crippen LogP contribution in [-0.4, -0.2) is 23.4 Å². The Bertz CT molecular complexity index is 1070. The number of ether oxygens (including phenoxy) is 2. The van der Waals surface area contributed by atoms with Gasteiger partial charge in [-0.25, -0.2) is 9.79 Å². The molecular weight excluding hydrogens is 602 g/mol. The van der Waals surface area contributed by atoms with Crippen molar-refractivity contribution in [1.29, 1.82) is 0 Å². The minimum absolute atomic E-state index is 0.00245. The largest absolute Gasteiger partial charge is 0.487 e. The van der Waals surface area contributed by atoms with Gasteiger partial charge in [0.25, 0.3) is 5.69 Å². The number of hydrogen-bond donors (Lipinski definition) is 0. The summed E-state index contributed by atoms with van der Waals surface area (Å²) in [4.78, 5) is 27.0. The number of nitro benzene ring substituents is 1. The highest BCUT2D eigenvalue weighted by atomic mass is 127. The van der Waals surface area contributed by atoms with E-state index in [4.69, 9.17) is 9.47 Å². The van der Waals surface area contributed by atoms with Gasteiger partial charge in [0, 0.05) is 17.2 Å². The standard InChI is InChI=1S/C20H14I2N2O5/c1-3-6-28-18-14(21)8-12(9-15(18)22)10-16-20(25)29-19(23-16)13-4-5-17(24(26)27)11(2)7-13/h3-5,7-10H,1,6H2,2H3/b16-10-. The van der Waals surface area contributed by atoms with Crippen molar-refractivity contribution in [3.8, 4) is 5.75 Å². The molecule has 0 spiro atoms. The summed E-state index contributed by atoms with van der Waals surface area (Å²) in [6.07, 6.45) is 3.31. The van der Waals surface area contributed by atoms with E-state index in [0.29, 0.717) is 17.7 Å². The van der Waals surface area contributed by atoms with E-state index in [2.05, 4.69) is 56.8 Å². The Morgan fingerprint density at radius 1 is 1.28 bits per heavy atom. The molecule has 9 heteroatoms. The summed E-state index contributed by atoms with van der Waals surface area (Å²) in [7, 11) is 0. The molecule has 0 unspecified atom stereocenters. The number of aliphatic imine (C=N–C) groups is 1. The molecule has 148 valence electrons. The summed E-state index contributed by atoms with van der Waals surface area (Å²) in [5.41, 5.74) is 1.89. The van der Waals surface area contributed by atoms with Crippen LogP contribution in [0.15, 0.2) is 53.7 Å². The maximum absolute atomic E-state index is 12.2. The molecule has 7 nitrogen and oxygen atoms in total. The lowest BCUT2D eigenvalue weighted by Crippen LogP contribution is -2.06. The van der Waals surface area contributed by atoms with Gasteiger partial charge in [-0.3, -0.25) is 10.1 Å². The Hall–Kier alpha value is -2.28. The quantitative estimate of drug-likeness (QED) is 0.114. The van der Waals surface area contributed by atoms with Gasteiger partial charge in [-0.2, -0.15) is 0 Å². The number of nitrogens with zero attached hydrogens (tertiary/aromatic N) is 2. The number of carbonyl (C=O) groups is 1. The van der Waals surface area contributed by atoms with E-state index in [1.165, 1.54) is 12.1 Å². The summed E-state index contributed by atoms with van der Waals surface area (Å²) in [6, 6.07) is 8.22. The first-order valence-electron chi connectivity index (χ1n) is 8.31. The van der Waals surface area contributed by atoms with Gasteiger partial charge in [-0.1, -0.05) is 12.7 Å². The van der Waals surface area contributed by atoms with Crippen molar-refractivity contribution in [1.82, 2.24) is 0 Å². The first-order chi connectivity index (χ1) is 13.8. The molecule has 0 N–H and O–H groups in total. The first kappa shape index (κ1) is 21.4. The number of rotatable bonds is 6. The summed E-state index contributed by atoms with van der Waals surface area (Å²) >= 11 is 4.34. The zero-order chi connectivity index (χ0) is 21.1. The minimum atomic E-state index is -0.576. The average Bonchev–Trinajstić information content (AvgIpc) is 3.01. The summed E-state index contributed by atoms with van der Waals surface area (Å²) in [5.74, 6) is 0.301.